The lowest BCUT2D eigenvalue weighted by atomic mass is 10.0. The summed E-state index contributed by atoms with van der Waals surface area (Å²) in [6.07, 6.45) is 4.32. The molecule has 0 spiro atoms. The number of hydrogen-bond donors (Lipinski definition) is 1. The van der Waals surface area contributed by atoms with Gasteiger partial charge in [0.15, 0.2) is 0 Å². The maximum absolute atomic E-state index is 13.1. The van der Waals surface area contributed by atoms with Crippen molar-refractivity contribution in [2.75, 3.05) is 6.54 Å². The molecule has 3 aromatic rings. The molecule has 1 atom stereocenters. The minimum Gasteiger partial charge on any atom is -0.486 e. The molecule has 4 rings (SSSR count). The van der Waals surface area contributed by atoms with Crippen molar-refractivity contribution in [1.29, 1.82) is 0 Å². The van der Waals surface area contributed by atoms with E-state index in [9.17, 15) is 9.59 Å². The van der Waals surface area contributed by atoms with Gasteiger partial charge in [0.25, 0.3) is 5.91 Å². The topological polar surface area (TPSA) is 60.3 Å². The van der Waals surface area contributed by atoms with Gasteiger partial charge >= 0.3 is 0 Å². The number of carbonyl (C=O) groups excluding carboxylic acids is 1. The number of aromatic nitrogens is 1. The van der Waals surface area contributed by atoms with Crippen LogP contribution in [0.2, 0.25) is 0 Å². The van der Waals surface area contributed by atoms with Gasteiger partial charge in [-0.3, -0.25) is 9.59 Å². The van der Waals surface area contributed by atoms with Crippen molar-refractivity contribution in [3.05, 3.63) is 75.6 Å². The first kappa shape index (κ1) is 19.2. The van der Waals surface area contributed by atoms with E-state index in [0.29, 0.717) is 18.5 Å². The summed E-state index contributed by atoms with van der Waals surface area (Å²) in [7, 11) is 0. The Morgan fingerprint density at radius 3 is 2.76 bits per heavy atom. The third-order valence-corrected chi connectivity index (χ3v) is 5.56. The van der Waals surface area contributed by atoms with E-state index in [4.69, 9.17) is 4.74 Å². The molecule has 1 aromatic heterocycles. The molecule has 0 unspecified atom stereocenters. The van der Waals surface area contributed by atoms with Gasteiger partial charge in [-0.05, 0) is 43.4 Å². The number of nitrogens with one attached hydrogen (secondary N) is 1. The van der Waals surface area contributed by atoms with Crippen LogP contribution in [0.25, 0.3) is 10.9 Å². The summed E-state index contributed by atoms with van der Waals surface area (Å²) in [6.45, 7) is 5.14. The molecular formula is C24H26N2O3. The van der Waals surface area contributed by atoms with Crippen molar-refractivity contribution in [2.45, 2.75) is 45.8 Å². The van der Waals surface area contributed by atoms with Crippen LogP contribution in [0.5, 0.6) is 5.75 Å². The predicted molar refractivity (Wildman–Crippen MR) is 115 cm³/mol. The largest absolute Gasteiger partial charge is 0.486 e. The van der Waals surface area contributed by atoms with E-state index < -0.39 is 0 Å². The number of ether oxygens (including phenoxy) is 1. The van der Waals surface area contributed by atoms with Crippen LogP contribution in [0.3, 0.4) is 0 Å². The Labute approximate surface area is 170 Å². The Morgan fingerprint density at radius 1 is 1.21 bits per heavy atom. The molecule has 0 saturated carbocycles. The molecule has 5 heteroatoms. The monoisotopic (exact) mass is 390 g/mol. The predicted octanol–water partition coefficient (Wildman–Crippen LogP) is 3.84. The smallest absolute Gasteiger partial charge is 0.256 e. The average Bonchev–Trinajstić information content (AvgIpc) is 2.74. The van der Waals surface area contributed by atoms with Gasteiger partial charge in [-0.2, -0.15) is 0 Å². The number of hydrogen-bond acceptors (Lipinski definition) is 3. The second kappa shape index (κ2) is 8.11. The number of amides is 1. The molecule has 150 valence electrons. The molecule has 0 saturated heterocycles. The number of benzene rings is 2. The fourth-order valence-corrected chi connectivity index (χ4v) is 3.94. The van der Waals surface area contributed by atoms with Crippen LogP contribution < -0.4 is 15.5 Å². The van der Waals surface area contributed by atoms with Crippen molar-refractivity contribution in [3.8, 4) is 5.75 Å². The Morgan fingerprint density at radius 2 is 2.00 bits per heavy atom. The summed E-state index contributed by atoms with van der Waals surface area (Å²) < 4.78 is 8.03. The number of aryl methyl sites for hydroxylation is 2. The minimum absolute atomic E-state index is 0.0395. The maximum atomic E-state index is 13.1. The van der Waals surface area contributed by atoms with E-state index in [1.54, 1.807) is 6.20 Å². The number of rotatable bonds is 6. The van der Waals surface area contributed by atoms with Gasteiger partial charge in [0.2, 0.25) is 5.43 Å². The van der Waals surface area contributed by atoms with Crippen molar-refractivity contribution >= 4 is 16.8 Å². The molecule has 1 aliphatic heterocycles. The van der Waals surface area contributed by atoms with E-state index in [1.165, 1.54) is 5.56 Å². The summed E-state index contributed by atoms with van der Waals surface area (Å²) in [4.78, 5) is 25.9. The Bertz CT molecular complexity index is 1100. The molecule has 1 aliphatic rings. The Balaban J connectivity index is 1.57. The Kier molecular flexibility index (Phi) is 5.38. The third kappa shape index (κ3) is 3.77. The van der Waals surface area contributed by atoms with Crippen LogP contribution in [-0.4, -0.2) is 23.1 Å². The summed E-state index contributed by atoms with van der Waals surface area (Å²) in [6, 6.07) is 14.0. The van der Waals surface area contributed by atoms with Gasteiger partial charge in [-0.1, -0.05) is 43.3 Å². The lowest BCUT2D eigenvalue weighted by Gasteiger charge is -2.28. The zero-order valence-corrected chi connectivity index (χ0v) is 16.9. The van der Waals surface area contributed by atoms with E-state index in [-0.39, 0.29) is 23.0 Å². The van der Waals surface area contributed by atoms with Crippen LogP contribution in [0, 0.1) is 6.92 Å². The van der Waals surface area contributed by atoms with Crippen LogP contribution in [-0.2, 0) is 13.0 Å². The third-order valence-electron chi connectivity index (χ3n) is 5.56. The fraction of sp³-hybridized carbons (Fsp3) is 0.333. The highest BCUT2D eigenvalue weighted by Crippen LogP contribution is 2.32. The second-order valence-corrected chi connectivity index (χ2v) is 7.62. The lowest BCUT2D eigenvalue weighted by molar-refractivity contribution is 0.0950. The van der Waals surface area contributed by atoms with Gasteiger partial charge in [-0.15, -0.1) is 0 Å². The molecule has 0 radical (unpaired) electrons. The zero-order chi connectivity index (χ0) is 20.4. The molecule has 5 nitrogen and oxygen atoms in total. The first-order valence-electron chi connectivity index (χ1n) is 10.2. The number of pyridine rings is 1. The first-order chi connectivity index (χ1) is 14.1. The van der Waals surface area contributed by atoms with E-state index in [2.05, 4.69) is 24.4 Å². The van der Waals surface area contributed by atoms with Crippen LogP contribution >= 0.6 is 0 Å². The average molecular weight is 390 g/mol. The molecular weight excluding hydrogens is 364 g/mol. The molecule has 29 heavy (non-hydrogen) atoms. The van der Waals surface area contributed by atoms with Gasteiger partial charge in [0.1, 0.15) is 17.4 Å². The summed E-state index contributed by atoms with van der Waals surface area (Å²) in [5.41, 5.74) is 2.87. The molecule has 0 aliphatic carbocycles. The molecule has 2 heterocycles. The quantitative estimate of drug-likeness (QED) is 0.651. The van der Waals surface area contributed by atoms with Crippen LogP contribution in [0.15, 0.2) is 53.5 Å². The summed E-state index contributed by atoms with van der Waals surface area (Å²) >= 11 is 0. The van der Waals surface area contributed by atoms with E-state index in [0.717, 1.165) is 36.1 Å². The molecule has 2 aromatic carbocycles. The van der Waals surface area contributed by atoms with Crippen molar-refractivity contribution < 1.29 is 9.53 Å². The van der Waals surface area contributed by atoms with Crippen LogP contribution in [0.1, 0.15) is 41.3 Å². The number of nitrogens with zero attached hydrogens (tertiary/aromatic N) is 1. The Hall–Kier alpha value is -3.08. The highest BCUT2D eigenvalue weighted by Gasteiger charge is 2.25. The first-order valence-corrected chi connectivity index (χ1v) is 10.2. The second-order valence-electron chi connectivity index (χ2n) is 7.62. The van der Waals surface area contributed by atoms with Gasteiger partial charge in [-0.25, -0.2) is 0 Å². The van der Waals surface area contributed by atoms with E-state index in [1.807, 2.05) is 41.8 Å². The van der Waals surface area contributed by atoms with Crippen molar-refractivity contribution in [1.82, 2.24) is 9.88 Å². The highest BCUT2D eigenvalue weighted by atomic mass is 16.5. The minimum atomic E-state index is -0.307. The maximum Gasteiger partial charge on any atom is 0.256 e. The van der Waals surface area contributed by atoms with Gasteiger partial charge in [0.05, 0.1) is 17.4 Å². The van der Waals surface area contributed by atoms with Crippen molar-refractivity contribution in [3.63, 3.8) is 0 Å². The van der Waals surface area contributed by atoms with Crippen LogP contribution in [0.4, 0.5) is 0 Å². The summed E-state index contributed by atoms with van der Waals surface area (Å²) in [5, 5.41) is 3.50. The standard InChI is InChI=1S/C24H26N2O3/c1-3-18-14-26-15-19(23(27)21-16(2)11-12-20(29-18)22(21)26)24(28)25-13-7-10-17-8-5-4-6-9-17/h4-6,8-9,11-12,15,18H,3,7,10,13-14H2,1-2H3,(H,25,28)/t18-/m0/s1. The van der Waals surface area contributed by atoms with Gasteiger partial charge < -0.3 is 14.6 Å². The number of carbonyl (C=O) groups is 1. The lowest BCUT2D eigenvalue weighted by Crippen LogP contribution is -2.34. The van der Waals surface area contributed by atoms with E-state index >= 15 is 0 Å². The van der Waals surface area contributed by atoms with Gasteiger partial charge in [0, 0.05) is 12.7 Å². The molecule has 0 fully saturated rings. The fourth-order valence-electron chi connectivity index (χ4n) is 3.94. The zero-order valence-electron chi connectivity index (χ0n) is 16.9. The molecule has 1 amide bonds. The molecule has 0 bridgehead atoms. The highest BCUT2D eigenvalue weighted by molar-refractivity contribution is 5.99. The molecule has 1 N–H and O–H groups in total. The van der Waals surface area contributed by atoms with Crippen molar-refractivity contribution in [2.24, 2.45) is 0 Å². The normalized spacial score (nSPS) is 15.2. The summed E-state index contributed by atoms with van der Waals surface area (Å²) in [5.74, 6) is 0.411. The SMILES string of the molecule is CC[C@H]1Cn2cc(C(=O)NCCCc3ccccc3)c(=O)c3c(C)ccc(c32)O1.